The molecule has 0 aliphatic heterocycles. The summed E-state index contributed by atoms with van der Waals surface area (Å²) in [6.07, 6.45) is 1.32. The van der Waals surface area contributed by atoms with Crippen LogP contribution in [0.3, 0.4) is 0 Å². The molecule has 1 aromatic heterocycles. The number of nitrogens with one attached hydrogen (secondary N) is 1. The summed E-state index contributed by atoms with van der Waals surface area (Å²) >= 11 is 0. The number of carbonyl (C=O) groups is 1. The zero-order valence-electron chi connectivity index (χ0n) is 6.75. The molecule has 0 saturated heterocycles. The van der Waals surface area contributed by atoms with Crippen LogP contribution in [-0.4, -0.2) is 30.3 Å². The topological polar surface area (TPSA) is 71.6 Å². The largest absolute Gasteiger partial charge is 0.492 e. The summed E-state index contributed by atoms with van der Waals surface area (Å²) in [4.78, 5) is 13.4. The van der Waals surface area contributed by atoms with Gasteiger partial charge in [-0.05, 0) is 0 Å². The highest BCUT2D eigenvalue weighted by atomic mass is 16.5. The molecule has 5 nitrogen and oxygen atoms in total. The van der Waals surface area contributed by atoms with Crippen LogP contribution in [0.4, 0.5) is 0 Å². The summed E-state index contributed by atoms with van der Waals surface area (Å²) in [7, 11) is 2.61. The maximum atomic E-state index is 11.0. The van der Waals surface area contributed by atoms with Gasteiger partial charge < -0.3 is 19.6 Å². The number of aromatic nitrogens is 1. The van der Waals surface area contributed by atoms with E-state index in [0.717, 1.165) is 0 Å². The standard InChI is InChI=1S/C7H9NO4/c1-11-5-4(7(10)12-2)3-8-6(5)9/h3,8-9H,1-2H3. The smallest absolute Gasteiger partial charge is 0.343 e. The molecule has 0 aliphatic rings. The van der Waals surface area contributed by atoms with Crippen LogP contribution in [0.1, 0.15) is 10.4 Å². The summed E-state index contributed by atoms with van der Waals surface area (Å²) < 4.78 is 9.20. The summed E-state index contributed by atoms with van der Waals surface area (Å²) in [6.45, 7) is 0. The van der Waals surface area contributed by atoms with E-state index in [4.69, 9.17) is 9.84 Å². The zero-order chi connectivity index (χ0) is 9.14. The number of methoxy groups -OCH3 is 2. The number of H-pyrrole nitrogens is 1. The van der Waals surface area contributed by atoms with E-state index in [1.807, 2.05) is 0 Å². The maximum absolute atomic E-state index is 11.0. The molecule has 0 saturated carbocycles. The minimum Gasteiger partial charge on any atom is -0.492 e. The van der Waals surface area contributed by atoms with E-state index in [1.54, 1.807) is 0 Å². The Morgan fingerprint density at radius 2 is 2.25 bits per heavy atom. The number of hydrogen-bond acceptors (Lipinski definition) is 4. The molecule has 0 fully saturated rings. The van der Waals surface area contributed by atoms with E-state index < -0.39 is 5.97 Å². The molecule has 5 heteroatoms. The second kappa shape index (κ2) is 3.17. The van der Waals surface area contributed by atoms with Gasteiger partial charge in [-0.2, -0.15) is 0 Å². The second-order valence-corrected chi connectivity index (χ2v) is 2.08. The van der Waals surface area contributed by atoms with Gasteiger partial charge in [-0.15, -0.1) is 0 Å². The molecular formula is C7H9NO4. The van der Waals surface area contributed by atoms with Crippen molar-refractivity contribution in [1.82, 2.24) is 4.98 Å². The Morgan fingerprint density at radius 3 is 2.75 bits per heavy atom. The fourth-order valence-corrected chi connectivity index (χ4v) is 0.867. The van der Waals surface area contributed by atoms with Crippen LogP contribution in [-0.2, 0) is 4.74 Å². The first-order valence-corrected chi connectivity index (χ1v) is 3.23. The third-order valence-corrected chi connectivity index (χ3v) is 1.42. The van der Waals surface area contributed by atoms with Gasteiger partial charge in [0.1, 0.15) is 5.56 Å². The van der Waals surface area contributed by atoms with Gasteiger partial charge in [-0.25, -0.2) is 4.79 Å². The van der Waals surface area contributed by atoms with Crippen molar-refractivity contribution >= 4 is 5.97 Å². The lowest BCUT2D eigenvalue weighted by molar-refractivity contribution is 0.0597. The molecule has 0 radical (unpaired) electrons. The molecule has 0 atom stereocenters. The van der Waals surface area contributed by atoms with Crippen LogP contribution in [0, 0.1) is 0 Å². The van der Waals surface area contributed by atoms with Crippen molar-refractivity contribution in [2.24, 2.45) is 0 Å². The number of hydrogen-bond donors (Lipinski definition) is 2. The average Bonchev–Trinajstić information content (AvgIpc) is 2.45. The Kier molecular flexibility index (Phi) is 2.23. The van der Waals surface area contributed by atoms with Crippen LogP contribution in [0.5, 0.6) is 11.6 Å². The van der Waals surface area contributed by atoms with E-state index in [0.29, 0.717) is 0 Å². The fraction of sp³-hybridized carbons (Fsp3) is 0.286. The Balaban J connectivity index is 3.07. The first-order chi connectivity index (χ1) is 5.70. The molecule has 1 rings (SSSR count). The Hall–Kier alpha value is -1.65. The molecule has 12 heavy (non-hydrogen) atoms. The molecule has 0 unspecified atom stereocenters. The Labute approximate surface area is 68.9 Å². The van der Waals surface area contributed by atoms with Gasteiger partial charge in [0.15, 0.2) is 5.75 Å². The molecule has 1 aromatic rings. The molecule has 66 valence electrons. The highest BCUT2D eigenvalue weighted by Gasteiger charge is 2.17. The first-order valence-electron chi connectivity index (χ1n) is 3.23. The summed E-state index contributed by atoms with van der Waals surface area (Å²) in [5.41, 5.74) is 0.178. The normalized spacial score (nSPS) is 9.50. The van der Waals surface area contributed by atoms with Crippen LogP contribution < -0.4 is 4.74 Å². The van der Waals surface area contributed by atoms with Gasteiger partial charge in [0.2, 0.25) is 5.88 Å². The SMILES string of the molecule is COC(=O)c1c[nH]c(O)c1OC. The average molecular weight is 171 g/mol. The Morgan fingerprint density at radius 1 is 1.58 bits per heavy atom. The van der Waals surface area contributed by atoms with E-state index in [2.05, 4.69) is 9.72 Å². The van der Waals surface area contributed by atoms with Crippen LogP contribution in [0.25, 0.3) is 0 Å². The molecule has 1 heterocycles. The van der Waals surface area contributed by atoms with Gasteiger partial charge in [-0.1, -0.05) is 0 Å². The van der Waals surface area contributed by atoms with Crippen LogP contribution in [0.15, 0.2) is 6.20 Å². The second-order valence-electron chi connectivity index (χ2n) is 2.08. The minimum absolute atomic E-state index is 0.0989. The summed E-state index contributed by atoms with van der Waals surface area (Å²) in [5.74, 6) is -0.636. The molecule has 2 N–H and O–H groups in total. The monoisotopic (exact) mass is 171 g/mol. The fourth-order valence-electron chi connectivity index (χ4n) is 0.867. The molecule has 0 amide bonds. The van der Waals surface area contributed by atoms with Crippen molar-refractivity contribution in [3.8, 4) is 11.6 Å². The van der Waals surface area contributed by atoms with Crippen molar-refractivity contribution in [3.05, 3.63) is 11.8 Å². The zero-order valence-corrected chi connectivity index (χ0v) is 6.75. The minimum atomic E-state index is -0.552. The maximum Gasteiger partial charge on any atom is 0.343 e. The lowest BCUT2D eigenvalue weighted by Gasteiger charge is -1.99. The lowest BCUT2D eigenvalue weighted by atomic mass is 10.3. The van der Waals surface area contributed by atoms with Crippen LogP contribution in [0.2, 0.25) is 0 Å². The third-order valence-electron chi connectivity index (χ3n) is 1.42. The molecule has 0 aromatic carbocycles. The molecular weight excluding hydrogens is 162 g/mol. The van der Waals surface area contributed by atoms with Gasteiger partial charge >= 0.3 is 5.97 Å². The Bertz CT molecular complexity index is 292. The van der Waals surface area contributed by atoms with Gasteiger partial charge in [0.25, 0.3) is 0 Å². The summed E-state index contributed by atoms with van der Waals surface area (Å²) in [6, 6.07) is 0. The number of carbonyl (C=O) groups excluding carboxylic acids is 1. The number of ether oxygens (including phenoxy) is 2. The van der Waals surface area contributed by atoms with Gasteiger partial charge in [-0.3, -0.25) is 0 Å². The highest BCUT2D eigenvalue weighted by molar-refractivity contribution is 5.93. The van der Waals surface area contributed by atoms with Crippen molar-refractivity contribution in [3.63, 3.8) is 0 Å². The van der Waals surface area contributed by atoms with Crippen molar-refractivity contribution < 1.29 is 19.4 Å². The first kappa shape index (κ1) is 8.45. The number of aromatic hydroxyl groups is 1. The number of aromatic amines is 1. The van der Waals surface area contributed by atoms with Crippen molar-refractivity contribution in [2.45, 2.75) is 0 Å². The van der Waals surface area contributed by atoms with Gasteiger partial charge in [0, 0.05) is 6.20 Å². The molecule has 0 spiro atoms. The van der Waals surface area contributed by atoms with Crippen molar-refractivity contribution in [2.75, 3.05) is 14.2 Å². The molecule has 0 aliphatic carbocycles. The van der Waals surface area contributed by atoms with E-state index in [1.165, 1.54) is 20.4 Å². The van der Waals surface area contributed by atoms with Crippen LogP contribution >= 0.6 is 0 Å². The summed E-state index contributed by atoms with van der Waals surface area (Å²) in [5, 5.41) is 9.09. The highest BCUT2D eigenvalue weighted by Crippen LogP contribution is 2.28. The quantitative estimate of drug-likeness (QED) is 0.636. The predicted octanol–water partition coefficient (Wildman–Crippen LogP) is 0.515. The number of esters is 1. The lowest BCUT2D eigenvalue weighted by Crippen LogP contribution is -2.01. The predicted molar refractivity (Wildman–Crippen MR) is 40.3 cm³/mol. The molecule has 0 bridgehead atoms. The number of rotatable bonds is 2. The van der Waals surface area contributed by atoms with Crippen molar-refractivity contribution in [1.29, 1.82) is 0 Å². The van der Waals surface area contributed by atoms with E-state index >= 15 is 0 Å². The third kappa shape index (κ3) is 1.20. The van der Waals surface area contributed by atoms with E-state index in [-0.39, 0.29) is 17.2 Å². The van der Waals surface area contributed by atoms with Gasteiger partial charge in [0.05, 0.1) is 14.2 Å². The van der Waals surface area contributed by atoms with E-state index in [9.17, 15) is 4.79 Å².